The molecule has 1 aromatic heterocycles. The maximum absolute atomic E-state index is 12.7. The molecule has 1 fully saturated rings. The molecule has 0 radical (unpaired) electrons. The third-order valence-corrected chi connectivity index (χ3v) is 7.12. The molecule has 3 rings (SSSR count). The van der Waals surface area contributed by atoms with Crippen LogP contribution in [0.2, 0.25) is 25.7 Å². The first-order chi connectivity index (χ1) is 13.3. The van der Waals surface area contributed by atoms with E-state index in [2.05, 4.69) is 30.0 Å². The molecule has 1 aliphatic rings. The lowest BCUT2D eigenvalue weighted by atomic mass is 9.90. The molecule has 0 unspecified atom stereocenters. The number of benzene rings is 1. The molecule has 1 aliphatic carbocycles. The monoisotopic (exact) mass is 401 g/mol. The second-order valence-corrected chi connectivity index (χ2v) is 14.4. The van der Waals surface area contributed by atoms with Crippen molar-refractivity contribution in [2.75, 3.05) is 6.61 Å². The van der Waals surface area contributed by atoms with Gasteiger partial charge in [0.2, 0.25) is 0 Å². The molecule has 1 saturated carbocycles. The second kappa shape index (κ2) is 8.34. The number of carbonyl (C=O) groups is 2. The van der Waals surface area contributed by atoms with E-state index < -0.39 is 14.0 Å². The van der Waals surface area contributed by atoms with Gasteiger partial charge >= 0.3 is 5.97 Å². The quantitative estimate of drug-likeness (QED) is 0.402. The van der Waals surface area contributed by atoms with E-state index in [4.69, 9.17) is 4.74 Å². The average Bonchev–Trinajstić information content (AvgIpc) is 3.06. The number of hydrogen-bond acceptors (Lipinski definition) is 6. The van der Waals surface area contributed by atoms with Crippen molar-refractivity contribution in [2.45, 2.75) is 45.1 Å². The number of rotatable bonds is 7. The Bertz CT molecular complexity index is 922. The van der Waals surface area contributed by atoms with Crippen LogP contribution in [0.5, 0.6) is 0 Å². The standard InChI is InChI=1S/C20H27N3O4Si/c1-28(2,3)11-10-27-20(26)18-14(8-9-15(18)13-24)12-23-19(25)16-6-4-5-7-17(16)21-22-23/h4-7,13-15,18H,8-12H2,1-3H3/t14-,15+,18-/m0/s1. The molecule has 0 spiro atoms. The van der Waals surface area contributed by atoms with Crippen LogP contribution in [0.1, 0.15) is 12.8 Å². The van der Waals surface area contributed by atoms with Gasteiger partial charge in [0.1, 0.15) is 11.8 Å². The Balaban J connectivity index is 1.77. The highest BCUT2D eigenvalue weighted by Crippen LogP contribution is 2.37. The van der Waals surface area contributed by atoms with Gasteiger partial charge in [0.15, 0.2) is 0 Å². The Morgan fingerprint density at radius 2 is 2.04 bits per heavy atom. The van der Waals surface area contributed by atoms with E-state index in [0.717, 1.165) is 12.3 Å². The molecular formula is C20H27N3O4Si. The van der Waals surface area contributed by atoms with Crippen molar-refractivity contribution >= 4 is 31.2 Å². The number of hydrogen-bond donors (Lipinski definition) is 0. The average molecular weight is 402 g/mol. The molecule has 0 bridgehead atoms. The fourth-order valence-electron chi connectivity index (χ4n) is 3.76. The van der Waals surface area contributed by atoms with Crippen LogP contribution >= 0.6 is 0 Å². The second-order valence-electron chi connectivity index (χ2n) is 8.74. The van der Waals surface area contributed by atoms with Gasteiger partial charge in [0.25, 0.3) is 5.56 Å². The summed E-state index contributed by atoms with van der Waals surface area (Å²) in [4.78, 5) is 36.9. The minimum absolute atomic E-state index is 0.164. The first kappa shape index (κ1) is 20.4. The van der Waals surface area contributed by atoms with Gasteiger partial charge in [-0.15, -0.1) is 5.10 Å². The highest BCUT2D eigenvalue weighted by atomic mass is 28.3. The normalized spacial score (nSPS) is 22.3. The van der Waals surface area contributed by atoms with Crippen molar-refractivity contribution in [3.63, 3.8) is 0 Å². The number of ether oxygens (including phenoxy) is 1. The predicted molar refractivity (Wildman–Crippen MR) is 109 cm³/mol. The lowest BCUT2D eigenvalue weighted by molar-refractivity contribution is -0.152. The molecule has 1 aromatic carbocycles. The first-order valence-electron chi connectivity index (χ1n) is 9.74. The Hall–Kier alpha value is -2.35. The molecule has 0 saturated heterocycles. The molecular weight excluding hydrogens is 374 g/mol. The highest BCUT2D eigenvalue weighted by molar-refractivity contribution is 6.76. The Morgan fingerprint density at radius 3 is 2.75 bits per heavy atom. The summed E-state index contributed by atoms with van der Waals surface area (Å²) in [6.45, 7) is 7.31. The van der Waals surface area contributed by atoms with Crippen molar-refractivity contribution < 1.29 is 14.3 Å². The Kier molecular flexibility index (Phi) is 6.07. The van der Waals surface area contributed by atoms with E-state index in [1.807, 2.05) is 0 Å². The Labute approximate surface area is 165 Å². The Morgan fingerprint density at radius 1 is 1.29 bits per heavy atom. The van der Waals surface area contributed by atoms with Gasteiger partial charge in [-0.2, -0.15) is 0 Å². The van der Waals surface area contributed by atoms with E-state index in [1.54, 1.807) is 24.3 Å². The summed E-state index contributed by atoms with van der Waals surface area (Å²) in [6.07, 6.45) is 2.15. The van der Waals surface area contributed by atoms with Crippen LogP contribution in [0.25, 0.3) is 10.9 Å². The molecule has 1 heterocycles. The number of esters is 1. The fourth-order valence-corrected chi connectivity index (χ4v) is 4.47. The van der Waals surface area contributed by atoms with Crippen LogP contribution in [-0.4, -0.2) is 41.9 Å². The van der Waals surface area contributed by atoms with Crippen LogP contribution in [0.3, 0.4) is 0 Å². The summed E-state index contributed by atoms with van der Waals surface area (Å²) in [5.74, 6) is -1.39. The number of fused-ring (bicyclic) bond motifs is 1. The first-order valence-corrected chi connectivity index (χ1v) is 13.5. The molecule has 8 heteroatoms. The summed E-state index contributed by atoms with van der Waals surface area (Å²) in [5, 5.41) is 8.63. The zero-order chi connectivity index (χ0) is 20.3. The molecule has 0 N–H and O–H groups in total. The topological polar surface area (TPSA) is 91.2 Å². The van der Waals surface area contributed by atoms with Crippen LogP contribution in [0, 0.1) is 17.8 Å². The molecule has 150 valence electrons. The van der Waals surface area contributed by atoms with Crippen molar-refractivity contribution in [2.24, 2.45) is 17.8 Å². The van der Waals surface area contributed by atoms with Crippen molar-refractivity contribution in [3.8, 4) is 0 Å². The van der Waals surface area contributed by atoms with Crippen molar-refractivity contribution in [1.82, 2.24) is 15.0 Å². The van der Waals surface area contributed by atoms with Gasteiger partial charge in [0.05, 0.1) is 24.5 Å². The van der Waals surface area contributed by atoms with Crippen molar-refractivity contribution in [3.05, 3.63) is 34.6 Å². The maximum atomic E-state index is 12.7. The van der Waals surface area contributed by atoms with Gasteiger partial charge in [0, 0.05) is 14.0 Å². The number of carbonyl (C=O) groups excluding carboxylic acids is 2. The minimum Gasteiger partial charge on any atom is -0.466 e. The molecule has 7 nitrogen and oxygen atoms in total. The number of nitrogens with zero attached hydrogens (tertiary/aromatic N) is 3. The van der Waals surface area contributed by atoms with E-state index in [-0.39, 0.29) is 29.9 Å². The molecule has 3 atom stereocenters. The minimum atomic E-state index is -1.31. The van der Waals surface area contributed by atoms with Gasteiger partial charge in [-0.3, -0.25) is 9.59 Å². The number of aromatic nitrogens is 3. The highest BCUT2D eigenvalue weighted by Gasteiger charge is 2.42. The van der Waals surface area contributed by atoms with Gasteiger partial charge < -0.3 is 9.53 Å². The van der Waals surface area contributed by atoms with E-state index >= 15 is 0 Å². The lowest BCUT2D eigenvalue weighted by Gasteiger charge is -2.22. The molecule has 0 aliphatic heterocycles. The number of aldehydes is 1. The summed E-state index contributed by atoms with van der Waals surface area (Å²) in [6, 6.07) is 7.93. The maximum Gasteiger partial charge on any atom is 0.309 e. The largest absolute Gasteiger partial charge is 0.466 e. The lowest BCUT2D eigenvalue weighted by Crippen LogP contribution is -2.34. The summed E-state index contributed by atoms with van der Waals surface area (Å²) >= 11 is 0. The fraction of sp³-hybridized carbons (Fsp3) is 0.550. The summed E-state index contributed by atoms with van der Waals surface area (Å²) in [5.41, 5.74) is 0.314. The van der Waals surface area contributed by atoms with Crippen LogP contribution in [0.4, 0.5) is 0 Å². The zero-order valence-corrected chi connectivity index (χ0v) is 17.6. The van der Waals surface area contributed by atoms with Gasteiger partial charge in [-0.1, -0.05) is 37.0 Å². The van der Waals surface area contributed by atoms with Gasteiger partial charge in [-0.25, -0.2) is 4.68 Å². The van der Waals surface area contributed by atoms with Gasteiger partial charge in [-0.05, 0) is 36.9 Å². The van der Waals surface area contributed by atoms with E-state index in [0.29, 0.717) is 30.4 Å². The summed E-state index contributed by atoms with van der Waals surface area (Å²) < 4.78 is 6.82. The van der Waals surface area contributed by atoms with E-state index in [9.17, 15) is 14.4 Å². The SMILES string of the molecule is C[Si](C)(C)CCOC(=O)[C@H]1[C@H](Cn2nnc3ccccc3c2=O)CC[C@@H]1C=O. The molecule has 0 amide bonds. The van der Waals surface area contributed by atoms with Crippen molar-refractivity contribution in [1.29, 1.82) is 0 Å². The predicted octanol–water partition coefficient (Wildman–Crippen LogP) is 2.51. The molecule has 28 heavy (non-hydrogen) atoms. The van der Waals surface area contributed by atoms with Crippen LogP contribution in [0.15, 0.2) is 29.1 Å². The van der Waals surface area contributed by atoms with Crippen LogP contribution < -0.4 is 5.56 Å². The zero-order valence-electron chi connectivity index (χ0n) is 16.6. The van der Waals surface area contributed by atoms with Crippen LogP contribution in [-0.2, 0) is 20.9 Å². The summed E-state index contributed by atoms with van der Waals surface area (Å²) in [7, 11) is -1.31. The third-order valence-electron chi connectivity index (χ3n) is 5.42. The van der Waals surface area contributed by atoms with E-state index in [1.165, 1.54) is 4.68 Å². The smallest absolute Gasteiger partial charge is 0.309 e. The third kappa shape index (κ3) is 4.55. The molecule has 2 aromatic rings.